The highest BCUT2D eigenvalue weighted by Gasteiger charge is 2.08. The normalized spacial score (nSPS) is 10.7. The minimum absolute atomic E-state index is 0.0202. The van der Waals surface area contributed by atoms with Crippen LogP contribution in [-0.2, 0) is 17.9 Å². The van der Waals surface area contributed by atoms with Crippen molar-refractivity contribution in [1.82, 2.24) is 4.98 Å². The summed E-state index contributed by atoms with van der Waals surface area (Å²) in [5.74, 6) is 1.65. The summed E-state index contributed by atoms with van der Waals surface area (Å²) in [6, 6.07) is 17.1. The number of anilines is 2. The summed E-state index contributed by atoms with van der Waals surface area (Å²) >= 11 is 5.82. The van der Waals surface area contributed by atoms with Gasteiger partial charge in [-0.25, -0.2) is 4.98 Å². The molecule has 32 heavy (non-hydrogen) atoms. The summed E-state index contributed by atoms with van der Waals surface area (Å²) < 4.78 is 11.4. The zero-order chi connectivity index (χ0) is 22.9. The van der Waals surface area contributed by atoms with Crippen molar-refractivity contribution < 1.29 is 14.3 Å². The smallest absolute Gasteiger partial charge is 0.224 e. The fourth-order valence-corrected chi connectivity index (χ4v) is 3.20. The van der Waals surface area contributed by atoms with E-state index in [1.165, 1.54) is 0 Å². The molecule has 0 bridgehead atoms. The zero-order valence-electron chi connectivity index (χ0n) is 18.5. The number of rotatable bonds is 10. The maximum absolute atomic E-state index is 12.0. The molecule has 7 heteroatoms. The summed E-state index contributed by atoms with van der Waals surface area (Å²) in [5.41, 5.74) is 3.65. The Hall–Kier alpha value is -3.25. The van der Waals surface area contributed by atoms with Crippen molar-refractivity contribution in [3.8, 4) is 11.5 Å². The maximum atomic E-state index is 12.0. The number of hydrogen-bond acceptors (Lipinski definition) is 5. The van der Waals surface area contributed by atoms with Gasteiger partial charge in [0.05, 0.1) is 7.11 Å². The van der Waals surface area contributed by atoms with Gasteiger partial charge in [0.2, 0.25) is 5.91 Å². The molecule has 0 saturated heterocycles. The van der Waals surface area contributed by atoms with E-state index in [2.05, 4.69) is 15.6 Å². The predicted octanol–water partition coefficient (Wildman–Crippen LogP) is 5.92. The van der Waals surface area contributed by atoms with Crippen LogP contribution in [0.4, 0.5) is 11.4 Å². The second kappa shape index (κ2) is 11.4. The Labute approximate surface area is 193 Å². The Bertz CT molecular complexity index is 1040. The first-order chi connectivity index (χ1) is 15.4. The van der Waals surface area contributed by atoms with Crippen molar-refractivity contribution in [2.24, 2.45) is 5.92 Å². The molecule has 3 aromatic rings. The van der Waals surface area contributed by atoms with E-state index < -0.39 is 0 Å². The van der Waals surface area contributed by atoms with Crippen molar-refractivity contribution >= 4 is 28.9 Å². The molecule has 2 aromatic carbocycles. The van der Waals surface area contributed by atoms with E-state index in [0.29, 0.717) is 42.1 Å². The summed E-state index contributed by atoms with van der Waals surface area (Å²) in [5, 5.41) is 6.77. The molecule has 2 N–H and O–H groups in total. The fraction of sp³-hybridized carbons (Fsp3) is 0.280. The van der Waals surface area contributed by atoms with Gasteiger partial charge in [0, 0.05) is 36.1 Å². The van der Waals surface area contributed by atoms with Crippen molar-refractivity contribution in [3.63, 3.8) is 0 Å². The van der Waals surface area contributed by atoms with Gasteiger partial charge in [-0.15, -0.1) is 0 Å². The molecule has 3 rings (SSSR count). The van der Waals surface area contributed by atoms with Gasteiger partial charge in [-0.1, -0.05) is 43.6 Å². The highest BCUT2D eigenvalue weighted by Crippen LogP contribution is 2.29. The van der Waals surface area contributed by atoms with Crippen LogP contribution in [0, 0.1) is 5.92 Å². The van der Waals surface area contributed by atoms with Crippen molar-refractivity contribution in [2.45, 2.75) is 33.4 Å². The lowest BCUT2D eigenvalue weighted by atomic mass is 10.1. The first-order valence-electron chi connectivity index (χ1n) is 10.5. The third kappa shape index (κ3) is 7.17. The summed E-state index contributed by atoms with van der Waals surface area (Å²) in [4.78, 5) is 16.1. The molecule has 1 heterocycles. The molecule has 6 nitrogen and oxygen atoms in total. The van der Waals surface area contributed by atoms with Gasteiger partial charge >= 0.3 is 0 Å². The maximum Gasteiger partial charge on any atom is 0.224 e. The third-order valence-electron chi connectivity index (χ3n) is 4.65. The Morgan fingerprint density at radius 2 is 1.81 bits per heavy atom. The number of aromatic nitrogens is 1. The number of carbonyl (C=O) groups excluding carboxylic acids is 1. The fourth-order valence-electron chi connectivity index (χ4n) is 3.09. The number of methoxy groups -OCH3 is 1. The van der Waals surface area contributed by atoms with Gasteiger partial charge in [-0.05, 0) is 47.9 Å². The molecule has 0 spiro atoms. The number of nitrogens with zero attached hydrogens (tertiary/aromatic N) is 1. The van der Waals surface area contributed by atoms with Crippen molar-refractivity contribution in [2.75, 3.05) is 17.7 Å². The minimum atomic E-state index is 0.0202. The second-order valence-corrected chi connectivity index (χ2v) is 8.23. The molecule has 0 radical (unpaired) electrons. The summed E-state index contributed by atoms with van der Waals surface area (Å²) in [6.45, 7) is 5.02. The number of ether oxygens (including phenoxy) is 2. The monoisotopic (exact) mass is 453 g/mol. The van der Waals surface area contributed by atoms with Crippen LogP contribution in [0.15, 0.2) is 60.8 Å². The zero-order valence-corrected chi connectivity index (χ0v) is 19.3. The molecule has 0 fully saturated rings. The van der Waals surface area contributed by atoms with Gasteiger partial charge in [-0.3, -0.25) is 4.79 Å². The lowest BCUT2D eigenvalue weighted by Gasteiger charge is -2.14. The molecule has 0 aliphatic rings. The van der Waals surface area contributed by atoms with E-state index in [9.17, 15) is 4.79 Å². The summed E-state index contributed by atoms with van der Waals surface area (Å²) in [7, 11) is 1.62. The first-order valence-corrected chi connectivity index (χ1v) is 10.8. The van der Waals surface area contributed by atoms with Crippen LogP contribution in [0.25, 0.3) is 0 Å². The average Bonchev–Trinajstić information content (AvgIpc) is 2.77. The van der Waals surface area contributed by atoms with Gasteiger partial charge in [-0.2, -0.15) is 0 Å². The number of nitrogens with one attached hydrogen (secondary N) is 2. The van der Waals surface area contributed by atoms with Gasteiger partial charge < -0.3 is 20.1 Å². The highest BCUT2D eigenvalue weighted by molar-refractivity contribution is 6.29. The van der Waals surface area contributed by atoms with Crippen molar-refractivity contribution in [3.05, 3.63) is 77.1 Å². The quantitative estimate of drug-likeness (QED) is 0.373. The largest absolute Gasteiger partial charge is 0.493 e. The lowest BCUT2D eigenvalue weighted by molar-refractivity contribution is -0.116. The molecular weight excluding hydrogens is 426 g/mol. The number of halogens is 1. The topological polar surface area (TPSA) is 72.5 Å². The van der Waals surface area contributed by atoms with E-state index in [4.69, 9.17) is 21.1 Å². The molecule has 0 saturated carbocycles. The number of benzene rings is 2. The van der Waals surface area contributed by atoms with Gasteiger partial charge in [0.1, 0.15) is 11.8 Å². The molecule has 168 valence electrons. The van der Waals surface area contributed by atoms with Crippen LogP contribution < -0.4 is 20.1 Å². The molecule has 0 unspecified atom stereocenters. The lowest BCUT2D eigenvalue weighted by Crippen LogP contribution is -2.13. The Morgan fingerprint density at radius 3 is 2.53 bits per heavy atom. The molecule has 1 amide bonds. The van der Waals surface area contributed by atoms with E-state index in [1.54, 1.807) is 19.4 Å². The van der Waals surface area contributed by atoms with Crippen LogP contribution >= 0.6 is 11.6 Å². The SMILES string of the molecule is COc1cc(CNc2cccc(NC(=O)CC(C)C)c2)ccc1OCc1ccc(Cl)nc1. The van der Waals surface area contributed by atoms with Crippen LogP contribution in [0.5, 0.6) is 11.5 Å². The highest BCUT2D eigenvalue weighted by atomic mass is 35.5. The number of amides is 1. The number of hydrogen-bond donors (Lipinski definition) is 2. The molecule has 0 aliphatic heterocycles. The molecule has 0 aliphatic carbocycles. The molecule has 1 aromatic heterocycles. The van der Waals surface area contributed by atoms with Gasteiger partial charge in [0.15, 0.2) is 11.5 Å². The van der Waals surface area contributed by atoms with E-state index in [-0.39, 0.29) is 5.91 Å². The van der Waals surface area contributed by atoms with Crippen molar-refractivity contribution in [1.29, 1.82) is 0 Å². The summed E-state index contributed by atoms with van der Waals surface area (Å²) in [6.07, 6.45) is 2.19. The Balaban J connectivity index is 1.59. The second-order valence-electron chi connectivity index (χ2n) is 7.84. The predicted molar refractivity (Wildman–Crippen MR) is 128 cm³/mol. The van der Waals surface area contributed by atoms with Crippen LogP contribution in [-0.4, -0.2) is 18.0 Å². The average molecular weight is 454 g/mol. The first kappa shape index (κ1) is 23.4. The third-order valence-corrected chi connectivity index (χ3v) is 4.87. The number of pyridine rings is 1. The van der Waals surface area contributed by atoms with E-state index >= 15 is 0 Å². The molecule has 0 atom stereocenters. The van der Waals surface area contributed by atoms with E-state index in [1.807, 2.05) is 62.4 Å². The Kier molecular flexibility index (Phi) is 8.34. The Morgan fingerprint density at radius 1 is 1.03 bits per heavy atom. The van der Waals surface area contributed by atoms with E-state index in [0.717, 1.165) is 22.5 Å². The van der Waals surface area contributed by atoms with Gasteiger partial charge in [0.25, 0.3) is 0 Å². The molecular formula is C25H28ClN3O3. The minimum Gasteiger partial charge on any atom is -0.493 e. The number of carbonyl (C=O) groups is 1. The van der Waals surface area contributed by atoms with Crippen LogP contribution in [0.2, 0.25) is 5.15 Å². The van der Waals surface area contributed by atoms with Crippen LogP contribution in [0.3, 0.4) is 0 Å². The standard InChI is InChI=1S/C25H28ClN3O3/c1-17(2)11-25(30)29-21-6-4-5-20(13-21)27-14-18-7-9-22(23(12-18)31-3)32-16-19-8-10-24(26)28-15-19/h4-10,12-13,15,17,27H,11,14,16H2,1-3H3,(H,29,30). The van der Waals surface area contributed by atoms with Crippen LogP contribution in [0.1, 0.15) is 31.4 Å².